The lowest BCUT2D eigenvalue weighted by molar-refractivity contribution is -0.146. The Labute approximate surface area is 97.7 Å². The summed E-state index contributed by atoms with van der Waals surface area (Å²) in [4.78, 5) is 36.4. The van der Waals surface area contributed by atoms with Crippen LogP contribution >= 0.6 is 0 Å². The molecule has 6 heteroatoms. The maximum atomic E-state index is 11.6. The van der Waals surface area contributed by atoms with Gasteiger partial charge in [0, 0.05) is 25.0 Å². The van der Waals surface area contributed by atoms with Crippen molar-refractivity contribution in [3.05, 3.63) is 34.2 Å². The lowest BCUT2D eigenvalue weighted by atomic mass is 9.94. The first-order valence-corrected chi connectivity index (χ1v) is 5.03. The van der Waals surface area contributed by atoms with Crippen molar-refractivity contribution in [2.24, 2.45) is 5.41 Å². The molecule has 0 aliphatic rings. The van der Waals surface area contributed by atoms with Crippen LogP contribution in [-0.2, 0) is 4.79 Å². The number of aromatic nitrogens is 1. The summed E-state index contributed by atoms with van der Waals surface area (Å²) < 4.78 is 0. The van der Waals surface area contributed by atoms with Crippen molar-refractivity contribution in [1.82, 2.24) is 10.3 Å². The van der Waals surface area contributed by atoms with E-state index in [0.717, 1.165) is 0 Å². The van der Waals surface area contributed by atoms with Crippen LogP contribution in [0.5, 0.6) is 0 Å². The van der Waals surface area contributed by atoms with E-state index in [4.69, 9.17) is 5.11 Å². The molecule has 0 saturated carbocycles. The largest absolute Gasteiger partial charge is 0.481 e. The number of carbonyl (C=O) groups is 2. The number of pyridine rings is 1. The molecule has 1 aromatic rings. The molecular weight excluding hydrogens is 224 g/mol. The Morgan fingerprint density at radius 3 is 2.65 bits per heavy atom. The van der Waals surface area contributed by atoms with Gasteiger partial charge in [0.1, 0.15) is 5.56 Å². The number of rotatable bonds is 4. The number of aliphatic carboxylic acids is 1. The molecule has 0 aromatic carbocycles. The molecule has 0 radical (unpaired) electrons. The number of amides is 1. The van der Waals surface area contributed by atoms with Crippen LogP contribution in [0.15, 0.2) is 23.3 Å². The molecule has 1 rings (SSSR count). The highest BCUT2D eigenvalue weighted by Gasteiger charge is 2.27. The molecule has 92 valence electrons. The fourth-order valence-corrected chi connectivity index (χ4v) is 1.07. The zero-order valence-electron chi connectivity index (χ0n) is 9.61. The maximum absolute atomic E-state index is 11.6. The van der Waals surface area contributed by atoms with Gasteiger partial charge in [0.2, 0.25) is 0 Å². The zero-order chi connectivity index (χ0) is 13.1. The van der Waals surface area contributed by atoms with Crippen LogP contribution in [0, 0.1) is 5.41 Å². The molecule has 0 atom stereocenters. The molecule has 0 spiro atoms. The molecule has 1 amide bonds. The second kappa shape index (κ2) is 4.82. The molecule has 3 N–H and O–H groups in total. The van der Waals surface area contributed by atoms with Crippen molar-refractivity contribution in [3.8, 4) is 0 Å². The van der Waals surface area contributed by atoms with Crippen molar-refractivity contribution in [1.29, 1.82) is 0 Å². The summed E-state index contributed by atoms with van der Waals surface area (Å²) in [5, 5.41) is 11.3. The Kier molecular flexibility index (Phi) is 3.67. The van der Waals surface area contributed by atoms with Gasteiger partial charge in [0.15, 0.2) is 5.43 Å². The Morgan fingerprint density at radius 2 is 2.12 bits per heavy atom. The van der Waals surface area contributed by atoms with Crippen LogP contribution in [-0.4, -0.2) is 28.5 Å². The molecule has 1 heterocycles. The third-order valence-electron chi connectivity index (χ3n) is 2.34. The van der Waals surface area contributed by atoms with E-state index in [9.17, 15) is 14.4 Å². The smallest absolute Gasteiger partial charge is 0.310 e. The van der Waals surface area contributed by atoms with E-state index in [0.29, 0.717) is 0 Å². The van der Waals surface area contributed by atoms with E-state index in [-0.39, 0.29) is 12.1 Å². The van der Waals surface area contributed by atoms with Crippen molar-refractivity contribution in [3.63, 3.8) is 0 Å². The van der Waals surface area contributed by atoms with E-state index in [1.165, 1.54) is 32.3 Å². The Bertz CT molecular complexity index is 490. The Hall–Kier alpha value is -2.11. The number of carboxylic acids is 1. The number of hydrogen-bond donors (Lipinski definition) is 3. The topological polar surface area (TPSA) is 99.3 Å². The third kappa shape index (κ3) is 3.17. The number of carboxylic acid groups (broad SMARTS) is 1. The highest BCUT2D eigenvalue weighted by Crippen LogP contribution is 2.13. The number of aromatic amines is 1. The van der Waals surface area contributed by atoms with Gasteiger partial charge in [-0.1, -0.05) is 0 Å². The van der Waals surface area contributed by atoms with Crippen LogP contribution in [0.25, 0.3) is 0 Å². The SMILES string of the molecule is CC(C)(CNC(=O)c1c[nH]ccc1=O)C(=O)O. The third-order valence-corrected chi connectivity index (χ3v) is 2.34. The second-order valence-electron chi connectivity index (χ2n) is 4.29. The normalized spacial score (nSPS) is 10.9. The molecule has 0 saturated heterocycles. The number of nitrogens with one attached hydrogen (secondary N) is 2. The van der Waals surface area contributed by atoms with Crippen LogP contribution in [0.2, 0.25) is 0 Å². The maximum Gasteiger partial charge on any atom is 0.310 e. The summed E-state index contributed by atoms with van der Waals surface area (Å²) in [5.41, 5.74) is -1.51. The van der Waals surface area contributed by atoms with E-state index < -0.39 is 22.7 Å². The van der Waals surface area contributed by atoms with Crippen LogP contribution in [0.3, 0.4) is 0 Å². The summed E-state index contributed by atoms with van der Waals surface area (Å²) in [6.07, 6.45) is 2.70. The predicted octanol–water partition coefficient (Wildman–Crippen LogP) is 0.215. The van der Waals surface area contributed by atoms with Crippen LogP contribution < -0.4 is 10.7 Å². The predicted molar refractivity (Wildman–Crippen MR) is 60.8 cm³/mol. The number of hydrogen-bond acceptors (Lipinski definition) is 3. The monoisotopic (exact) mass is 238 g/mol. The van der Waals surface area contributed by atoms with E-state index in [1.54, 1.807) is 0 Å². The summed E-state index contributed by atoms with van der Waals surface area (Å²) in [5.74, 6) is -1.60. The summed E-state index contributed by atoms with van der Waals surface area (Å²) in [6.45, 7) is 2.94. The lowest BCUT2D eigenvalue weighted by Gasteiger charge is -2.19. The van der Waals surface area contributed by atoms with Crippen LogP contribution in [0.4, 0.5) is 0 Å². The Morgan fingerprint density at radius 1 is 1.47 bits per heavy atom. The van der Waals surface area contributed by atoms with E-state index in [2.05, 4.69) is 10.3 Å². The number of H-pyrrole nitrogens is 1. The average Bonchev–Trinajstić information content (AvgIpc) is 2.26. The Balaban J connectivity index is 2.73. The summed E-state index contributed by atoms with van der Waals surface area (Å²) in [6, 6.07) is 1.23. The van der Waals surface area contributed by atoms with E-state index in [1.807, 2.05) is 0 Å². The van der Waals surface area contributed by atoms with Crippen molar-refractivity contribution < 1.29 is 14.7 Å². The van der Waals surface area contributed by atoms with Gasteiger partial charge < -0.3 is 15.4 Å². The van der Waals surface area contributed by atoms with Crippen LogP contribution in [0.1, 0.15) is 24.2 Å². The van der Waals surface area contributed by atoms with Gasteiger partial charge in [0.05, 0.1) is 5.41 Å². The highest BCUT2D eigenvalue weighted by molar-refractivity contribution is 5.94. The fraction of sp³-hybridized carbons (Fsp3) is 0.364. The minimum Gasteiger partial charge on any atom is -0.481 e. The van der Waals surface area contributed by atoms with Gasteiger partial charge >= 0.3 is 5.97 Å². The fourth-order valence-electron chi connectivity index (χ4n) is 1.07. The minimum atomic E-state index is -1.07. The summed E-state index contributed by atoms with van der Waals surface area (Å²) >= 11 is 0. The highest BCUT2D eigenvalue weighted by atomic mass is 16.4. The van der Waals surface area contributed by atoms with Crippen molar-refractivity contribution >= 4 is 11.9 Å². The first-order chi connectivity index (χ1) is 7.84. The molecule has 0 bridgehead atoms. The standard InChI is InChI=1S/C11H14N2O4/c1-11(2,10(16)17)6-13-9(15)7-5-12-4-3-8(7)14/h3-5H,6H2,1-2H3,(H,12,14)(H,13,15)(H,16,17). The molecular formula is C11H14N2O4. The van der Waals surface area contributed by atoms with Gasteiger partial charge in [0.25, 0.3) is 5.91 Å². The van der Waals surface area contributed by atoms with Gasteiger partial charge in [-0.25, -0.2) is 0 Å². The van der Waals surface area contributed by atoms with Crippen molar-refractivity contribution in [2.75, 3.05) is 6.54 Å². The molecule has 0 aliphatic heterocycles. The number of carbonyl (C=O) groups excluding carboxylic acids is 1. The first kappa shape index (κ1) is 13.0. The minimum absolute atomic E-state index is 0.0336. The lowest BCUT2D eigenvalue weighted by Crippen LogP contribution is -2.40. The van der Waals surface area contributed by atoms with Crippen molar-refractivity contribution in [2.45, 2.75) is 13.8 Å². The molecule has 0 unspecified atom stereocenters. The summed E-state index contributed by atoms with van der Waals surface area (Å²) in [7, 11) is 0. The molecule has 0 aliphatic carbocycles. The molecule has 17 heavy (non-hydrogen) atoms. The molecule has 6 nitrogen and oxygen atoms in total. The van der Waals surface area contributed by atoms with Gasteiger partial charge in [-0.15, -0.1) is 0 Å². The van der Waals surface area contributed by atoms with Gasteiger partial charge in [-0.3, -0.25) is 14.4 Å². The molecule has 1 aromatic heterocycles. The van der Waals surface area contributed by atoms with Gasteiger partial charge in [-0.2, -0.15) is 0 Å². The van der Waals surface area contributed by atoms with Gasteiger partial charge in [-0.05, 0) is 13.8 Å². The molecule has 0 fully saturated rings. The first-order valence-electron chi connectivity index (χ1n) is 5.03. The quantitative estimate of drug-likeness (QED) is 0.698. The van der Waals surface area contributed by atoms with E-state index >= 15 is 0 Å². The second-order valence-corrected chi connectivity index (χ2v) is 4.29. The zero-order valence-corrected chi connectivity index (χ0v) is 9.61. The average molecular weight is 238 g/mol.